The van der Waals surface area contributed by atoms with Crippen LogP contribution < -0.4 is 5.32 Å². The number of hydrogen-bond acceptors (Lipinski definition) is 4. The number of piperidine rings is 1. The number of nitrogens with one attached hydrogen (secondary N) is 1. The molecule has 6 nitrogen and oxygen atoms in total. The molecule has 0 spiro atoms. The third kappa shape index (κ3) is 5.79. The van der Waals surface area contributed by atoms with Gasteiger partial charge in [-0.15, -0.1) is 12.4 Å². The van der Waals surface area contributed by atoms with Crippen LogP contribution in [0, 0.1) is 0 Å². The van der Waals surface area contributed by atoms with Crippen LogP contribution in [0.4, 0.5) is 0 Å². The van der Waals surface area contributed by atoms with Crippen LogP contribution in [0.2, 0.25) is 0 Å². The number of rotatable bonds is 8. The predicted molar refractivity (Wildman–Crippen MR) is 93.3 cm³/mol. The number of halogens is 1. The number of aromatic nitrogens is 2. The van der Waals surface area contributed by atoms with Gasteiger partial charge in [0.25, 0.3) is 5.91 Å². The minimum absolute atomic E-state index is 0. The Kier molecular flexibility index (Phi) is 9.21. The summed E-state index contributed by atoms with van der Waals surface area (Å²) in [5.74, 6) is 0.00742. The highest BCUT2D eigenvalue weighted by atomic mass is 35.5. The molecular formula is C16H29ClN4O2. The SMILES string of the molecule is CCCCN(CCOC)C(=O)c1ccn(C2CCCNC2)n1.Cl. The summed E-state index contributed by atoms with van der Waals surface area (Å²) in [7, 11) is 1.66. The van der Waals surface area contributed by atoms with Gasteiger partial charge in [0, 0.05) is 32.9 Å². The molecule has 7 heteroatoms. The lowest BCUT2D eigenvalue weighted by molar-refractivity contribution is 0.0685. The van der Waals surface area contributed by atoms with Gasteiger partial charge in [0.05, 0.1) is 12.6 Å². The lowest BCUT2D eigenvalue weighted by Gasteiger charge is -2.23. The van der Waals surface area contributed by atoms with E-state index in [0.717, 1.165) is 45.3 Å². The van der Waals surface area contributed by atoms with Crippen LogP contribution in [0.25, 0.3) is 0 Å². The molecule has 1 saturated heterocycles. The molecular weight excluding hydrogens is 316 g/mol. The Morgan fingerprint density at radius 2 is 2.35 bits per heavy atom. The second kappa shape index (κ2) is 10.6. The predicted octanol–water partition coefficient (Wildman–Crippen LogP) is 2.12. The molecule has 0 aliphatic carbocycles. The highest BCUT2D eigenvalue weighted by molar-refractivity contribution is 5.92. The zero-order valence-corrected chi connectivity index (χ0v) is 15.0. The molecule has 1 N–H and O–H groups in total. The number of nitrogens with zero attached hydrogens (tertiary/aromatic N) is 3. The van der Waals surface area contributed by atoms with E-state index >= 15 is 0 Å². The highest BCUT2D eigenvalue weighted by Crippen LogP contribution is 2.16. The van der Waals surface area contributed by atoms with Crippen molar-refractivity contribution in [3.8, 4) is 0 Å². The maximum atomic E-state index is 12.6. The normalized spacial score (nSPS) is 17.6. The number of amides is 1. The van der Waals surface area contributed by atoms with Crippen LogP contribution >= 0.6 is 12.4 Å². The summed E-state index contributed by atoms with van der Waals surface area (Å²) in [6.45, 7) is 6.07. The van der Waals surface area contributed by atoms with Crippen molar-refractivity contribution in [1.29, 1.82) is 0 Å². The van der Waals surface area contributed by atoms with Crippen molar-refractivity contribution in [3.05, 3.63) is 18.0 Å². The van der Waals surface area contributed by atoms with Crippen molar-refractivity contribution in [2.45, 2.75) is 38.6 Å². The van der Waals surface area contributed by atoms with Crippen molar-refractivity contribution in [1.82, 2.24) is 20.0 Å². The first kappa shape index (κ1) is 19.9. The smallest absolute Gasteiger partial charge is 0.274 e. The quantitative estimate of drug-likeness (QED) is 0.784. The van der Waals surface area contributed by atoms with Gasteiger partial charge in [-0.1, -0.05) is 13.3 Å². The van der Waals surface area contributed by atoms with E-state index in [2.05, 4.69) is 17.3 Å². The number of methoxy groups -OCH3 is 1. The second-order valence-corrected chi connectivity index (χ2v) is 5.82. The van der Waals surface area contributed by atoms with Crippen molar-refractivity contribution in [2.75, 3.05) is 39.9 Å². The molecule has 2 heterocycles. The van der Waals surface area contributed by atoms with Gasteiger partial charge in [-0.2, -0.15) is 5.10 Å². The minimum Gasteiger partial charge on any atom is -0.383 e. The Morgan fingerprint density at radius 1 is 1.52 bits per heavy atom. The molecule has 1 fully saturated rings. The van der Waals surface area contributed by atoms with Gasteiger partial charge in [0.1, 0.15) is 5.69 Å². The fourth-order valence-electron chi connectivity index (χ4n) is 2.74. The van der Waals surface area contributed by atoms with Crippen molar-refractivity contribution in [3.63, 3.8) is 0 Å². The number of carbonyl (C=O) groups excluding carboxylic acids is 1. The first-order valence-corrected chi connectivity index (χ1v) is 8.30. The van der Waals surface area contributed by atoms with Gasteiger partial charge in [-0.05, 0) is 31.9 Å². The van der Waals surface area contributed by atoms with Crippen LogP contribution in [0.15, 0.2) is 12.3 Å². The minimum atomic E-state index is 0. The summed E-state index contributed by atoms with van der Waals surface area (Å²) in [5.41, 5.74) is 0.540. The monoisotopic (exact) mass is 344 g/mol. The van der Waals surface area contributed by atoms with Crippen molar-refractivity contribution in [2.24, 2.45) is 0 Å². The number of ether oxygens (including phenoxy) is 1. The molecule has 1 amide bonds. The van der Waals surface area contributed by atoms with Crippen LogP contribution in [0.3, 0.4) is 0 Å². The van der Waals surface area contributed by atoms with Gasteiger partial charge < -0.3 is 15.0 Å². The second-order valence-electron chi connectivity index (χ2n) is 5.82. The average Bonchev–Trinajstić information content (AvgIpc) is 3.05. The zero-order valence-electron chi connectivity index (χ0n) is 14.2. The first-order chi connectivity index (χ1) is 10.8. The topological polar surface area (TPSA) is 59.4 Å². The van der Waals surface area contributed by atoms with Crippen molar-refractivity contribution >= 4 is 18.3 Å². The summed E-state index contributed by atoms with van der Waals surface area (Å²) < 4.78 is 7.05. The summed E-state index contributed by atoms with van der Waals surface area (Å²) in [4.78, 5) is 14.5. The largest absolute Gasteiger partial charge is 0.383 e. The molecule has 23 heavy (non-hydrogen) atoms. The van der Waals surface area contributed by atoms with E-state index in [0.29, 0.717) is 24.9 Å². The molecule has 1 aliphatic rings. The van der Waals surface area contributed by atoms with E-state index in [1.54, 1.807) is 7.11 Å². The molecule has 1 aromatic rings. The summed E-state index contributed by atoms with van der Waals surface area (Å²) >= 11 is 0. The van der Waals surface area contributed by atoms with Crippen LogP contribution in [0.5, 0.6) is 0 Å². The van der Waals surface area contributed by atoms with E-state index in [9.17, 15) is 4.79 Å². The number of hydrogen-bond donors (Lipinski definition) is 1. The molecule has 132 valence electrons. The highest BCUT2D eigenvalue weighted by Gasteiger charge is 2.20. The summed E-state index contributed by atoms with van der Waals surface area (Å²) in [6, 6.07) is 2.20. The van der Waals surface area contributed by atoms with Gasteiger partial charge in [-0.25, -0.2) is 0 Å². The molecule has 1 aliphatic heterocycles. The lowest BCUT2D eigenvalue weighted by atomic mass is 10.1. The van der Waals surface area contributed by atoms with E-state index in [1.165, 1.54) is 0 Å². The fourth-order valence-corrected chi connectivity index (χ4v) is 2.74. The van der Waals surface area contributed by atoms with Gasteiger partial charge >= 0.3 is 0 Å². The lowest BCUT2D eigenvalue weighted by Crippen LogP contribution is -2.35. The van der Waals surface area contributed by atoms with Crippen LogP contribution in [-0.2, 0) is 4.74 Å². The summed E-state index contributed by atoms with van der Waals surface area (Å²) in [6.07, 6.45) is 6.27. The average molecular weight is 345 g/mol. The van der Waals surface area contributed by atoms with E-state index in [4.69, 9.17) is 4.74 Å². The number of unbranched alkanes of at least 4 members (excludes halogenated alkanes) is 1. The van der Waals surface area contributed by atoms with Crippen LogP contribution in [-0.4, -0.2) is 60.5 Å². The molecule has 0 radical (unpaired) electrons. The molecule has 0 aromatic carbocycles. The Morgan fingerprint density at radius 3 is 3.00 bits per heavy atom. The Labute approximate surface area is 145 Å². The van der Waals surface area contributed by atoms with E-state index in [-0.39, 0.29) is 18.3 Å². The standard InChI is InChI=1S/C16H28N4O2.ClH/c1-3-4-9-19(11-12-22-2)16(21)15-7-10-20(18-15)14-6-5-8-17-13-14;/h7,10,14,17H,3-6,8-9,11-13H2,1-2H3;1H. The Bertz CT molecular complexity index is 453. The van der Waals surface area contributed by atoms with Crippen LogP contribution in [0.1, 0.15) is 49.1 Å². The molecule has 2 rings (SSSR count). The van der Waals surface area contributed by atoms with Gasteiger partial charge in [0.15, 0.2) is 0 Å². The Balaban J connectivity index is 0.00000264. The van der Waals surface area contributed by atoms with E-state index in [1.807, 2.05) is 21.8 Å². The Hall–Kier alpha value is -1.11. The maximum absolute atomic E-state index is 12.6. The van der Waals surface area contributed by atoms with Gasteiger partial charge in [-0.3, -0.25) is 9.48 Å². The third-order valence-corrected chi connectivity index (χ3v) is 4.11. The zero-order chi connectivity index (χ0) is 15.8. The third-order valence-electron chi connectivity index (χ3n) is 4.11. The first-order valence-electron chi connectivity index (χ1n) is 8.30. The molecule has 1 aromatic heterocycles. The van der Waals surface area contributed by atoms with Crippen molar-refractivity contribution < 1.29 is 9.53 Å². The molecule has 1 unspecified atom stereocenters. The fraction of sp³-hybridized carbons (Fsp3) is 0.750. The summed E-state index contributed by atoms with van der Waals surface area (Å²) in [5, 5.41) is 7.89. The number of carbonyl (C=O) groups is 1. The molecule has 0 saturated carbocycles. The van der Waals surface area contributed by atoms with E-state index < -0.39 is 0 Å². The molecule has 0 bridgehead atoms. The van der Waals surface area contributed by atoms with Gasteiger partial charge in [0.2, 0.25) is 0 Å². The molecule has 1 atom stereocenters. The maximum Gasteiger partial charge on any atom is 0.274 e.